The van der Waals surface area contributed by atoms with Crippen molar-refractivity contribution < 1.29 is 14.3 Å². The van der Waals surface area contributed by atoms with Gasteiger partial charge in [0.05, 0.1) is 18.8 Å². The van der Waals surface area contributed by atoms with E-state index in [1.165, 1.54) is 19.3 Å². The highest BCUT2D eigenvalue weighted by atomic mass is 16.5. The van der Waals surface area contributed by atoms with Crippen molar-refractivity contribution in [2.24, 2.45) is 0 Å². The topological polar surface area (TPSA) is 85.4 Å². The standard InChI is InChI=1S/C21H28N4O3/c1-2-27-18-10-8-16(9-11-18)19-12-13-20(25-24-19)28-15-14-22-21(26)23-17-6-4-3-5-7-17/h8-13,17H,2-7,14-15H2,1H3,(H2,22,23,26). The number of hydrogen-bond donors (Lipinski definition) is 2. The molecule has 0 aliphatic heterocycles. The molecule has 1 aromatic carbocycles. The Labute approximate surface area is 165 Å². The van der Waals surface area contributed by atoms with E-state index in [0.29, 0.717) is 31.7 Å². The van der Waals surface area contributed by atoms with Crippen LogP contribution >= 0.6 is 0 Å². The molecule has 0 unspecified atom stereocenters. The quantitative estimate of drug-likeness (QED) is 0.680. The van der Waals surface area contributed by atoms with Crippen LogP contribution in [0.5, 0.6) is 11.6 Å². The smallest absolute Gasteiger partial charge is 0.315 e. The van der Waals surface area contributed by atoms with Gasteiger partial charge in [-0.25, -0.2) is 4.79 Å². The summed E-state index contributed by atoms with van der Waals surface area (Å²) >= 11 is 0. The molecule has 1 aliphatic carbocycles. The largest absolute Gasteiger partial charge is 0.494 e. The number of carbonyl (C=O) groups excluding carboxylic acids is 1. The van der Waals surface area contributed by atoms with Crippen LogP contribution in [-0.2, 0) is 0 Å². The molecule has 7 nitrogen and oxygen atoms in total. The van der Waals surface area contributed by atoms with Crippen LogP contribution in [-0.4, -0.2) is 42.0 Å². The number of amides is 2. The van der Waals surface area contributed by atoms with Crippen LogP contribution in [0.2, 0.25) is 0 Å². The number of urea groups is 1. The number of carbonyl (C=O) groups is 1. The van der Waals surface area contributed by atoms with Crippen LogP contribution in [0.4, 0.5) is 4.79 Å². The summed E-state index contributed by atoms with van der Waals surface area (Å²) in [5, 5.41) is 14.1. The summed E-state index contributed by atoms with van der Waals surface area (Å²) in [4.78, 5) is 11.9. The second-order valence-electron chi connectivity index (χ2n) is 6.80. The second kappa shape index (κ2) is 10.5. The Morgan fingerprint density at radius 2 is 1.82 bits per heavy atom. The van der Waals surface area contributed by atoms with Crippen molar-refractivity contribution in [3.8, 4) is 22.9 Å². The predicted octanol–water partition coefficient (Wildman–Crippen LogP) is 3.55. The first-order valence-electron chi connectivity index (χ1n) is 9.98. The Morgan fingerprint density at radius 1 is 1.04 bits per heavy atom. The molecule has 1 heterocycles. The van der Waals surface area contributed by atoms with Gasteiger partial charge in [0.1, 0.15) is 12.4 Å². The van der Waals surface area contributed by atoms with Crippen molar-refractivity contribution in [1.82, 2.24) is 20.8 Å². The van der Waals surface area contributed by atoms with Gasteiger partial charge in [0.2, 0.25) is 5.88 Å². The van der Waals surface area contributed by atoms with Crippen molar-refractivity contribution in [1.29, 1.82) is 0 Å². The number of ether oxygens (including phenoxy) is 2. The minimum Gasteiger partial charge on any atom is -0.494 e. The van der Waals surface area contributed by atoms with Crippen molar-refractivity contribution >= 4 is 6.03 Å². The second-order valence-corrected chi connectivity index (χ2v) is 6.80. The molecule has 0 bridgehead atoms. The third kappa shape index (κ3) is 6.11. The number of nitrogens with zero attached hydrogens (tertiary/aromatic N) is 2. The van der Waals surface area contributed by atoms with Gasteiger partial charge in [-0.05, 0) is 50.1 Å². The molecule has 3 rings (SSSR count). The Kier molecular flexibility index (Phi) is 7.46. The zero-order valence-electron chi connectivity index (χ0n) is 16.3. The molecule has 1 aromatic heterocycles. The molecule has 0 atom stereocenters. The minimum atomic E-state index is -0.132. The molecule has 2 aromatic rings. The van der Waals surface area contributed by atoms with Crippen molar-refractivity contribution in [3.05, 3.63) is 36.4 Å². The summed E-state index contributed by atoms with van der Waals surface area (Å²) in [6.07, 6.45) is 5.80. The number of rotatable bonds is 8. The van der Waals surface area contributed by atoms with Crippen LogP contribution in [0, 0.1) is 0 Å². The van der Waals surface area contributed by atoms with Gasteiger partial charge in [0.15, 0.2) is 0 Å². The molecule has 1 saturated carbocycles. The fourth-order valence-corrected chi connectivity index (χ4v) is 3.24. The van der Waals surface area contributed by atoms with E-state index >= 15 is 0 Å². The molecule has 7 heteroatoms. The first-order chi connectivity index (χ1) is 13.7. The number of aromatic nitrogens is 2. The number of benzene rings is 1. The fraction of sp³-hybridized carbons (Fsp3) is 0.476. The van der Waals surface area contributed by atoms with E-state index in [0.717, 1.165) is 29.8 Å². The minimum absolute atomic E-state index is 0.132. The van der Waals surface area contributed by atoms with Gasteiger partial charge in [-0.15, -0.1) is 10.2 Å². The Morgan fingerprint density at radius 3 is 2.50 bits per heavy atom. The average molecular weight is 384 g/mol. The molecule has 0 saturated heterocycles. The lowest BCUT2D eigenvalue weighted by Crippen LogP contribution is -2.44. The monoisotopic (exact) mass is 384 g/mol. The van der Waals surface area contributed by atoms with E-state index in [1.807, 2.05) is 37.3 Å². The van der Waals surface area contributed by atoms with E-state index in [4.69, 9.17) is 9.47 Å². The number of hydrogen-bond acceptors (Lipinski definition) is 5. The predicted molar refractivity (Wildman–Crippen MR) is 108 cm³/mol. The summed E-state index contributed by atoms with van der Waals surface area (Å²) in [5.74, 6) is 1.27. The van der Waals surface area contributed by atoms with Gasteiger partial charge in [-0.2, -0.15) is 0 Å². The van der Waals surface area contributed by atoms with Crippen molar-refractivity contribution in [2.75, 3.05) is 19.8 Å². The van der Waals surface area contributed by atoms with Crippen LogP contribution in [0.15, 0.2) is 36.4 Å². The third-order valence-electron chi connectivity index (χ3n) is 4.68. The van der Waals surface area contributed by atoms with Crippen LogP contribution < -0.4 is 20.1 Å². The summed E-state index contributed by atoms with van der Waals surface area (Å²) in [5.41, 5.74) is 1.73. The average Bonchev–Trinajstić information content (AvgIpc) is 2.73. The van der Waals surface area contributed by atoms with E-state index in [-0.39, 0.29) is 6.03 Å². The highest BCUT2D eigenvalue weighted by Crippen LogP contribution is 2.21. The number of nitrogens with one attached hydrogen (secondary N) is 2. The van der Waals surface area contributed by atoms with Crippen LogP contribution in [0.1, 0.15) is 39.0 Å². The first-order valence-corrected chi connectivity index (χ1v) is 9.98. The molecule has 1 aliphatic rings. The molecule has 2 amide bonds. The molecule has 1 fully saturated rings. The maximum Gasteiger partial charge on any atom is 0.315 e. The first kappa shape index (κ1) is 19.9. The van der Waals surface area contributed by atoms with Crippen molar-refractivity contribution in [3.63, 3.8) is 0 Å². The van der Waals surface area contributed by atoms with Crippen LogP contribution in [0.3, 0.4) is 0 Å². The van der Waals surface area contributed by atoms with Crippen molar-refractivity contribution in [2.45, 2.75) is 45.1 Å². The normalized spacial score (nSPS) is 14.3. The highest BCUT2D eigenvalue weighted by Gasteiger charge is 2.15. The van der Waals surface area contributed by atoms with E-state index < -0.39 is 0 Å². The lowest BCUT2D eigenvalue weighted by molar-refractivity contribution is 0.228. The summed E-state index contributed by atoms with van der Waals surface area (Å²) in [6.45, 7) is 3.36. The summed E-state index contributed by atoms with van der Waals surface area (Å²) in [7, 11) is 0. The van der Waals surface area contributed by atoms with Gasteiger partial charge < -0.3 is 20.1 Å². The molecule has 0 spiro atoms. The molecule has 28 heavy (non-hydrogen) atoms. The fourth-order valence-electron chi connectivity index (χ4n) is 3.24. The van der Waals surface area contributed by atoms with Gasteiger partial charge in [0, 0.05) is 17.7 Å². The van der Waals surface area contributed by atoms with Gasteiger partial charge in [-0.3, -0.25) is 0 Å². The maximum absolute atomic E-state index is 11.9. The highest BCUT2D eigenvalue weighted by molar-refractivity contribution is 5.74. The Bertz CT molecular complexity index is 728. The van der Waals surface area contributed by atoms with Gasteiger partial charge in [0.25, 0.3) is 0 Å². The zero-order valence-corrected chi connectivity index (χ0v) is 16.3. The molecular formula is C21H28N4O3. The lowest BCUT2D eigenvalue weighted by atomic mass is 9.96. The van der Waals surface area contributed by atoms with Gasteiger partial charge >= 0.3 is 6.03 Å². The molecule has 150 valence electrons. The molecular weight excluding hydrogens is 356 g/mol. The summed E-state index contributed by atoms with van der Waals surface area (Å²) < 4.78 is 11.0. The zero-order chi connectivity index (χ0) is 19.6. The maximum atomic E-state index is 11.9. The Hall–Kier alpha value is -2.83. The lowest BCUT2D eigenvalue weighted by Gasteiger charge is -2.22. The van der Waals surface area contributed by atoms with E-state index in [2.05, 4.69) is 20.8 Å². The molecule has 0 radical (unpaired) electrons. The SMILES string of the molecule is CCOc1ccc(-c2ccc(OCCNC(=O)NC3CCCCC3)nn2)cc1. The van der Waals surface area contributed by atoms with Crippen LogP contribution in [0.25, 0.3) is 11.3 Å². The molecule has 2 N–H and O–H groups in total. The van der Waals surface area contributed by atoms with E-state index in [1.54, 1.807) is 6.07 Å². The summed E-state index contributed by atoms with van der Waals surface area (Å²) in [6, 6.07) is 11.5. The Balaban J connectivity index is 1.38. The van der Waals surface area contributed by atoms with Gasteiger partial charge in [-0.1, -0.05) is 19.3 Å². The van der Waals surface area contributed by atoms with E-state index in [9.17, 15) is 4.79 Å². The third-order valence-corrected chi connectivity index (χ3v) is 4.68.